The Morgan fingerprint density at radius 2 is 1.87 bits per heavy atom. The van der Waals surface area contributed by atoms with Gasteiger partial charge in [-0.25, -0.2) is 0 Å². The Morgan fingerprint density at radius 3 is 2.65 bits per heavy atom. The minimum absolute atomic E-state index is 0.0312. The van der Waals surface area contributed by atoms with Gasteiger partial charge in [0.1, 0.15) is 12.4 Å². The summed E-state index contributed by atoms with van der Waals surface area (Å²) in [6.07, 6.45) is 0. The maximum absolute atomic E-state index is 11.9. The van der Waals surface area contributed by atoms with Gasteiger partial charge < -0.3 is 10.1 Å². The van der Waals surface area contributed by atoms with Crippen molar-refractivity contribution >= 4 is 17.7 Å². The second-order valence-electron chi connectivity index (χ2n) is 5.57. The van der Waals surface area contributed by atoms with E-state index in [2.05, 4.69) is 37.4 Å². The van der Waals surface area contributed by atoms with Crippen LogP contribution in [0.5, 0.6) is 5.75 Å². The first-order chi connectivity index (χ1) is 11.0. The minimum atomic E-state index is 0.0312. The van der Waals surface area contributed by atoms with Gasteiger partial charge in [-0.3, -0.25) is 4.79 Å². The van der Waals surface area contributed by atoms with Gasteiger partial charge in [-0.2, -0.15) is 0 Å². The maximum Gasteiger partial charge on any atom is 0.230 e. The van der Waals surface area contributed by atoms with E-state index in [9.17, 15) is 4.79 Å². The van der Waals surface area contributed by atoms with Gasteiger partial charge in [0.05, 0.1) is 12.3 Å². The molecule has 0 aromatic heterocycles. The quantitative estimate of drug-likeness (QED) is 0.618. The number of carbonyl (C=O) groups is 1. The number of carbonyl (C=O) groups excluding carboxylic acids is 1. The molecule has 2 aromatic rings. The van der Waals surface area contributed by atoms with Crippen molar-refractivity contribution in [2.45, 2.75) is 25.7 Å². The predicted molar refractivity (Wildman–Crippen MR) is 96.3 cm³/mol. The molecule has 0 radical (unpaired) electrons. The summed E-state index contributed by atoms with van der Waals surface area (Å²) in [5.74, 6) is 1.29. The van der Waals surface area contributed by atoms with Gasteiger partial charge in [0.2, 0.25) is 5.91 Å². The molecule has 4 heteroatoms. The number of aryl methyl sites for hydroxylation is 3. The number of hydrogen-bond acceptors (Lipinski definition) is 3. The molecule has 0 bridgehead atoms. The molecule has 23 heavy (non-hydrogen) atoms. The number of nitrogens with one attached hydrogen (secondary N) is 1. The lowest BCUT2D eigenvalue weighted by atomic mass is 10.2. The average Bonchev–Trinajstić information content (AvgIpc) is 2.52. The summed E-state index contributed by atoms with van der Waals surface area (Å²) in [6, 6.07) is 14.2. The van der Waals surface area contributed by atoms with Crippen LogP contribution in [0.25, 0.3) is 0 Å². The largest absolute Gasteiger partial charge is 0.492 e. The molecule has 0 heterocycles. The number of rotatable bonds is 7. The molecule has 0 unspecified atom stereocenters. The third-order valence-corrected chi connectivity index (χ3v) is 4.54. The Morgan fingerprint density at radius 1 is 1.09 bits per heavy atom. The molecule has 0 aliphatic rings. The minimum Gasteiger partial charge on any atom is -0.492 e. The van der Waals surface area contributed by atoms with Crippen molar-refractivity contribution in [3.8, 4) is 5.75 Å². The zero-order valence-corrected chi connectivity index (χ0v) is 14.7. The van der Waals surface area contributed by atoms with Gasteiger partial charge in [-0.1, -0.05) is 29.8 Å². The first-order valence-electron chi connectivity index (χ1n) is 7.71. The average molecular weight is 329 g/mol. The van der Waals surface area contributed by atoms with E-state index in [1.807, 2.05) is 31.2 Å². The van der Waals surface area contributed by atoms with E-state index in [0.717, 1.165) is 16.2 Å². The SMILES string of the molecule is Cc1cccc(OCCNC(=O)CSc2cc(C)ccc2C)c1. The molecule has 0 atom stereocenters. The Bertz CT molecular complexity index is 670. The Kier molecular flexibility index (Phi) is 6.53. The summed E-state index contributed by atoms with van der Waals surface area (Å²) >= 11 is 1.57. The number of hydrogen-bond donors (Lipinski definition) is 1. The highest BCUT2D eigenvalue weighted by atomic mass is 32.2. The number of benzene rings is 2. The topological polar surface area (TPSA) is 38.3 Å². The normalized spacial score (nSPS) is 10.4. The molecule has 1 amide bonds. The Hall–Kier alpha value is -1.94. The van der Waals surface area contributed by atoms with Crippen molar-refractivity contribution in [1.82, 2.24) is 5.32 Å². The number of thioether (sulfide) groups is 1. The monoisotopic (exact) mass is 329 g/mol. The lowest BCUT2D eigenvalue weighted by molar-refractivity contribution is -0.118. The lowest BCUT2D eigenvalue weighted by Gasteiger charge is -2.09. The van der Waals surface area contributed by atoms with Gasteiger partial charge in [0, 0.05) is 4.90 Å². The molecule has 0 spiro atoms. The van der Waals surface area contributed by atoms with E-state index in [1.54, 1.807) is 11.8 Å². The van der Waals surface area contributed by atoms with E-state index < -0.39 is 0 Å². The van der Waals surface area contributed by atoms with Crippen molar-refractivity contribution in [2.75, 3.05) is 18.9 Å². The van der Waals surface area contributed by atoms with E-state index >= 15 is 0 Å². The van der Waals surface area contributed by atoms with Crippen LogP contribution in [0.3, 0.4) is 0 Å². The van der Waals surface area contributed by atoms with Gasteiger partial charge in [-0.15, -0.1) is 11.8 Å². The number of ether oxygens (including phenoxy) is 1. The molecule has 0 saturated carbocycles. The highest BCUT2D eigenvalue weighted by molar-refractivity contribution is 8.00. The predicted octanol–water partition coefficient (Wildman–Crippen LogP) is 3.90. The summed E-state index contributed by atoms with van der Waals surface area (Å²) in [7, 11) is 0. The second kappa shape index (κ2) is 8.63. The Balaban J connectivity index is 1.68. The van der Waals surface area contributed by atoms with Crippen LogP contribution in [0.15, 0.2) is 47.4 Å². The summed E-state index contributed by atoms with van der Waals surface area (Å²) < 4.78 is 5.61. The molecule has 2 aromatic carbocycles. The smallest absolute Gasteiger partial charge is 0.230 e. The molecule has 122 valence electrons. The van der Waals surface area contributed by atoms with Crippen molar-refractivity contribution in [2.24, 2.45) is 0 Å². The third-order valence-electron chi connectivity index (χ3n) is 3.38. The van der Waals surface area contributed by atoms with Crippen molar-refractivity contribution in [1.29, 1.82) is 0 Å². The zero-order valence-electron chi connectivity index (χ0n) is 13.9. The highest BCUT2D eigenvalue weighted by Crippen LogP contribution is 2.23. The lowest BCUT2D eigenvalue weighted by Crippen LogP contribution is -2.29. The zero-order chi connectivity index (χ0) is 16.7. The van der Waals surface area contributed by atoms with Crippen molar-refractivity contribution in [3.63, 3.8) is 0 Å². The molecule has 0 saturated heterocycles. The highest BCUT2D eigenvalue weighted by Gasteiger charge is 2.05. The number of amides is 1. The van der Waals surface area contributed by atoms with E-state index in [1.165, 1.54) is 11.1 Å². The van der Waals surface area contributed by atoms with Gasteiger partial charge >= 0.3 is 0 Å². The van der Waals surface area contributed by atoms with Crippen LogP contribution in [0.1, 0.15) is 16.7 Å². The van der Waals surface area contributed by atoms with Crippen molar-refractivity contribution in [3.05, 3.63) is 59.2 Å². The second-order valence-corrected chi connectivity index (χ2v) is 6.59. The molecular weight excluding hydrogens is 306 g/mol. The first kappa shape index (κ1) is 17.4. The van der Waals surface area contributed by atoms with Gasteiger partial charge in [0.15, 0.2) is 0 Å². The third kappa shape index (κ3) is 5.99. The van der Waals surface area contributed by atoms with Crippen LogP contribution in [-0.4, -0.2) is 24.8 Å². The molecular formula is C19H23NO2S. The molecule has 3 nitrogen and oxygen atoms in total. The Labute approximate surface area is 142 Å². The van der Waals surface area contributed by atoms with Gasteiger partial charge in [0.25, 0.3) is 0 Å². The first-order valence-corrected chi connectivity index (χ1v) is 8.69. The van der Waals surface area contributed by atoms with Crippen LogP contribution >= 0.6 is 11.8 Å². The fourth-order valence-electron chi connectivity index (χ4n) is 2.12. The van der Waals surface area contributed by atoms with Gasteiger partial charge in [-0.05, 0) is 50.1 Å². The summed E-state index contributed by atoms with van der Waals surface area (Å²) in [5, 5.41) is 2.89. The van der Waals surface area contributed by atoms with E-state index in [4.69, 9.17) is 4.74 Å². The standard InChI is InChI=1S/C19H23NO2S/c1-14-5-4-6-17(11-14)22-10-9-20-19(21)13-23-18-12-15(2)7-8-16(18)3/h4-8,11-12H,9-10,13H2,1-3H3,(H,20,21). The fraction of sp³-hybridized carbons (Fsp3) is 0.316. The maximum atomic E-state index is 11.9. The van der Waals surface area contributed by atoms with Crippen LogP contribution in [-0.2, 0) is 4.79 Å². The van der Waals surface area contributed by atoms with E-state index in [0.29, 0.717) is 18.9 Å². The van der Waals surface area contributed by atoms with Crippen LogP contribution in [0, 0.1) is 20.8 Å². The molecule has 0 aliphatic heterocycles. The van der Waals surface area contributed by atoms with Crippen LogP contribution in [0.4, 0.5) is 0 Å². The molecule has 2 rings (SSSR count). The fourth-order valence-corrected chi connectivity index (χ4v) is 3.08. The van der Waals surface area contributed by atoms with Crippen LogP contribution in [0.2, 0.25) is 0 Å². The molecule has 1 N–H and O–H groups in total. The summed E-state index contributed by atoms with van der Waals surface area (Å²) in [4.78, 5) is 13.1. The summed E-state index contributed by atoms with van der Waals surface area (Å²) in [5.41, 5.74) is 3.58. The molecule has 0 fully saturated rings. The molecule has 0 aliphatic carbocycles. The summed E-state index contributed by atoms with van der Waals surface area (Å²) in [6.45, 7) is 7.14. The van der Waals surface area contributed by atoms with E-state index in [-0.39, 0.29) is 5.91 Å². The van der Waals surface area contributed by atoms with Crippen LogP contribution < -0.4 is 10.1 Å². The van der Waals surface area contributed by atoms with Crippen molar-refractivity contribution < 1.29 is 9.53 Å².